The molecule has 2 atom stereocenters. The van der Waals surface area contributed by atoms with Crippen molar-refractivity contribution >= 4 is 10.0 Å². The molecule has 0 heterocycles. The molecule has 0 spiro atoms. The summed E-state index contributed by atoms with van der Waals surface area (Å²) in [7, 11) is -3.78. The van der Waals surface area contributed by atoms with Crippen LogP contribution >= 0.6 is 0 Å². The number of rotatable bonds is 7. The molecule has 0 amide bonds. The lowest BCUT2D eigenvalue weighted by atomic mass is 10.2. The van der Waals surface area contributed by atoms with E-state index in [0.717, 1.165) is 18.4 Å². The molecule has 118 valence electrons. The third-order valence-electron chi connectivity index (χ3n) is 3.75. The van der Waals surface area contributed by atoms with Crippen LogP contribution in [0, 0.1) is 11.7 Å². The van der Waals surface area contributed by atoms with Gasteiger partial charge in [0, 0.05) is 18.6 Å². The van der Waals surface area contributed by atoms with E-state index in [1.807, 2.05) is 20.8 Å². The second kappa shape index (κ2) is 6.42. The minimum absolute atomic E-state index is 0.0446. The molecule has 0 bridgehead atoms. The van der Waals surface area contributed by atoms with Gasteiger partial charge in [0.15, 0.2) is 0 Å². The van der Waals surface area contributed by atoms with Gasteiger partial charge in [0.05, 0.1) is 0 Å². The number of hydrogen-bond acceptors (Lipinski definition) is 3. The second-order valence-corrected chi connectivity index (χ2v) is 7.61. The molecule has 1 fully saturated rings. The second-order valence-electron chi connectivity index (χ2n) is 5.93. The zero-order valence-corrected chi connectivity index (χ0v) is 13.5. The number of hydrogen-bond donors (Lipinski definition) is 2. The average molecular weight is 314 g/mol. The summed E-state index contributed by atoms with van der Waals surface area (Å²) in [6.07, 6.45) is 1.78. The molecule has 2 unspecified atom stereocenters. The summed E-state index contributed by atoms with van der Waals surface area (Å²) in [5.74, 6) is -0.321. The first-order valence-corrected chi connectivity index (χ1v) is 8.86. The van der Waals surface area contributed by atoms with Crippen molar-refractivity contribution in [1.29, 1.82) is 0 Å². The van der Waals surface area contributed by atoms with Gasteiger partial charge in [-0.15, -0.1) is 0 Å². The fraction of sp³-hybridized carbons (Fsp3) is 0.600. The topological polar surface area (TPSA) is 58.2 Å². The van der Waals surface area contributed by atoms with Gasteiger partial charge in [-0.25, -0.2) is 17.5 Å². The third-order valence-corrected chi connectivity index (χ3v) is 5.26. The minimum Gasteiger partial charge on any atom is -0.310 e. The number of halogens is 1. The summed E-state index contributed by atoms with van der Waals surface area (Å²) in [5.41, 5.74) is 0.758. The predicted molar refractivity (Wildman–Crippen MR) is 80.9 cm³/mol. The molecule has 4 nitrogen and oxygen atoms in total. The van der Waals surface area contributed by atoms with E-state index in [9.17, 15) is 12.8 Å². The van der Waals surface area contributed by atoms with Crippen molar-refractivity contribution in [3.63, 3.8) is 0 Å². The van der Waals surface area contributed by atoms with Crippen molar-refractivity contribution in [2.75, 3.05) is 0 Å². The number of benzene rings is 1. The molecule has 6 heteroatoms. The van der Waals surface area contributed by atoms with Crippen LogP contribution in [0.2, 0.25) is 0 Å². The van der Waals surface area contributed by atoms with Gasteiger partial charge in [0.25, 0.3) is 0 Å². The lowest BCUT2D eigenvalue weighted by Crippen LogP contribution is -2.28. The largest absolute Gasteiger partial charge is 0.310 e. The summed E-state index contributed by atoms with van der Waals surface area (Å²) in [5, 5.41) is 3.19. The van der Waals surface area contributed by atoms with E-state index in [0.29, 0.717) is 12.5 Å². The Hall–Kier alpha value is -0.980. The summed E-state index contributed by atoms with van der Waals surface area (Å²) < 4.78 is 41.0. The van der Waals surface area contributed by atoms with Crippen LogP contribution in [-0.2, 0) is 16.6 Å². The fourth-order valence-corrected chi connectivity index (χ4v) is 3.74. The molecule has 1 aromatic rings. The van der Waals surface area contributed by atoms with E-state index in [1.165, 1.54) is 12.1 Å². The van der Waals surface area contributed by atoms with Gasteiger partial charge in [0.1, 0.15) is 10.7 Å². The van der Waals surface area contributed by atoms with Crippen LogP contribution in [0.3, 0.4) is 0 Å². The van der Waals surface area contributed by atoms with Crippen molar-refractivity contribution in [1.82, 2.24) is 10.0 Å². The lowest BCUT2D eigenvalue weighted by molar-refractivity contribution is 0.550. The van der Waals surface area contributed by atoms with Crippen LogP contribution in [0.1, 0.15) is 39.2 Å². The monoisotopic (exact) mass is 314 g/mol. The van der Waals surface area contributed by atoms with Gasteiger partial charge in [0.2, 0.25) is 10.0 Å². The summed E-state index contributed by atoms with van der Waals surface area (Å²) in [4.78, 5) is -0.257. The van der Waals surface area contributed by atoms with Gasteiger partial charge in [-0.05, 0) is 30.0 Å². The molecule has 1 aromatic carbocycles. The molecule has 0 aliphatic heterocycles. The van der Waals surface area contributed by atoms with E-state index >= 15 is 0 Å². The molecule has 1 saturated carbocycles. The normalized spacial score (nSPS) is 21.8. The van der Waals surface area contributed by atoms with E-state index in [4.69, 9.17) is 0 Å². The van der Waals surface area contributed by atoms with Gasteiger partial charge >= 0.3 is 0 Å². The van der Waals surface area contributed by atoms with E-state index in [1.54, 1.807) is 6.07 Å². The van der Waals surface area contributed by atoms with Crippen molar-refractivity contribution in [2.45, 2.75) is 57.1 Å². The van der Waals surface area contributed by atoms with E-state index in [2.05, 4.69) is 10.0 Å². The minimum atomic E-state index is -3.78. The zero-order valence-electron chi connectivity index (χ0n) is 12.7. The van der Waals surface area contributed by atoms with Crippen LogP contribution < -0.4 is 10.0 Å². The van der Waals surface area contributed by atoms with Crippen LogP contribution in [0.4, 0.5) is 4.39 Å². The first-order chi connectivity index (χ1) is 9.83. The molecular weight excluding hydrogens is 291 g/mol. The quantitative estimate of drug-likeness (QED) is 0.812. The average Bonchev–Trinajstić information content (AvgIpc) is 3.15. The van der Waals surface area contributed by atoms with Crippen molar-refractivity contribution in [3.05, 3.63) is 29.6 Å². The predicted octanol–water partition coefficient (Wildman–Crippen LogP) is 2.40. The van der Waals surface area contributed by atoms with E-state index in [-0.39, 0.29) is 17.0 Å². The Kier molecular flexibility index (Phi) is 5.01. The summed E-state index contributed by atoms with van der Waals surface area (Å²) in [6.45, 7) is 6.54. The number of nitrogens with one attached hydrogen (secondary N) is 2. The van der Waals surface area contributed by atoms with Gasteiger partial charge in [-0.3, -0.25) is 0 Å². The van der Waals surface area contributed by atoms with Gasteiger partial charge in [-0.1, -0.05) is 33.3 Å². The Morgan fingerprint density at radius 2 is 2.10 bits per heavy atom. The standard InChI is InChI=1S/C15H23FN2O2S/c1-4-12-8-14(12)18-21(19,20)15-7-11(5-6-13(15)16)9-17-10(2)3/h5-7,10,12,14,17-18H,4,8-9H2,1-3H3. The molecule has 1 aliphatic carbocycles. The van der Waals surface area contributed by atoms with Crippen molar-refractivity contribution in [3.8, 4) is 0 Å². The summed E-state index contributed by atoms with van der Waals surface area (Å²) in [6, 6.07) is 4.48. The third kappa shape index (κ3) is 4.25. The van der Waals surface area contributed by atoms with Gasteiger partial charge < -0.3 is 5.32 Å². The Balaban J connectivity index is 2.15. The molecule has 21 heavy (non-hydrogen) atoms. The fourth-order valence-electron chi connectivity index (χ4n) is 2.29. The van der Waals surface area contributed by atoms with Crippen LogP contribution in [0.25, 0.3) is 0 Å². The van der Waals surface area contributed by atoms with Crippen molar-refractivity contribution < 1.29 is 12.8 Å². The highest BCUT2D eigenvalue weighted by atomic mass is 32.2. The molecular formula is C15H23FN2O2S. The molecule has 1 aliphatic rings. The highest BCUT2D eigenvalue weighted by molar-refractivity contribution is 7.89. The van der Waals surface area contributed by atoms with Crippen LogP contribution in [0.15, 0.2) is 23.1 Å². The van der Waals surface area contributed by atoms with Crippen LogP contribution in [0.5, 0.6) is 0 Å². The Morgan fingerprint density at radius 1 is 1.38 bits per heavy atom. The maximum absolute atomic E-state index is 13.9. The first-order valence-electron chi connectivity index (χ1n) is 7.37. The maximum atomic E-state index is 13.9. The zero-order chi connectivity index (χ0) is 15.6. The Bertz CT molecular complexity index is 602. The van der Waals surface area contributed by atoms with Gasteiger partial charge in [-0.2, -0.15) is 0 Å². The van der Waals surface area contributed by atoms with Crippen LogP contribution in [-0.4, -0.2) is 20.5 Å². The molecule has 2 rings (SSSR count). The smallest absolute Gasteiger partial charge is 0.243 e. The lowest BCUT2D eigenvalue weighted by Gasteiger charge is -2.11. The highest BCUT2D eigenvalue weighted by Crippen LogP contribution is 2.34. The summed E-state index contributed by atoms with van der Waals surface area (Å²) >= 11 is 0. The number of sulfonamides is 1. The Labute approximate surface area is 126 Å². The SMILES string of the molecule is CCC1CC1NS(=O)(=O)c1cc(CNC(C)C)ccc1F. The first kappa shape index (κ1) is 16.4. The molecule has 2 N–H and O–H groups in total. The highest BCUT2D eigenvalue weighted by Gasteiger charge is 2.39. The van der Waals surface area contributed by atoms with E-state index < -0.39 is 15.8 Å². The Morgan fingerprint density at radius 3 is 2.67 bits per heavy atom. The molecule has 0 aromatic heterocycles. The molecule has 0 radical (unpaired) electrons. The molecule has 0 saturated heterocycles. The maximum Gasteiger partial charge on any atom is 0.243 e. The van der Waals surface area contributed by atoms with Crippen molar-refractivity contribution in [2.24, 2.45) is 5.92 Å².